The molecule has 2 fully saturated rings. The fourth-order valence-electron chi connectivity index (χ4n) is 5.40. The van der Waals surface area contributed by atoms with E-state index in [1.54, 1.807) is 24.0 Å². The summed E-state index contributed by atoms with van der Waals surface area (Å²) in [5.41, 5.74) is 4.32. The summed E-state index contributed by atoms with van der Waals surface area (Å²) in [7, 11) is 0. The van der Waals surface area contributed by atoms with Crippen LogP contribution in [0.2, 0.25) is 0 Å². The number of nitrogens with zero attached hydrogens (tertiary/aromatic N) is 2. The summed E-state index contributed by atoms with van der Waals surface area (Å²) >= 11 is 0. The molecule has 4 rings (SSSR count). The van der Waals surface area contributed by atoms with Gasteiger partial charge < -0.3 is 4.90 Å². The monoisotopic (exact) mass is 443 g/mol. The molecule has 6 nitrogen and oxygen atoms in total. The Morgan fingerprint density at radius 2 is 1.76 bits per heavy atom. The van der Waals surface area contributed by atoms with E-state index in [0.717, 1.165) is 22.3 Å². The van der Waals surface area contributed by atoms with Gasteiger partial charge in [0.1, 0.15) is 17.5 Å². The highest BCUT2D eigenvalue weighted by molar-refractivity contribution is 6.10. The largest absolute Gasteiger partial charge is 0.337 e. The molecule has 0 radical (unpaired) electrons. The van der Waals surface area contributed by atoms with Gasteiger partial charge in [-0.1, -0.05) is 12.5 Å². The molecule has 0 atom stereocenters. The molecule has 170 valence electrons. The first-order valence-corrected chi connectivity index (χ1v) is 11.3. The van der Waals surface area contributed by atoms with Crippen LogP contribution in [-0.2, 0) is 9.59 Å². The molecule has 2 heterocycles. The van der Waals surface area contributed by atoms with Gasteiger partial charge in [-0.25, -0.2) is 0 Å². The minimum Gasteiger partial charge on any atom is -0.337 e. The van der Waals surface area contributed by atoms with Gasteiger partial charge in [-0.05, 0) is 80.0 Å². The molecule has 1 aromatic heterocycles. The number of carbonyl (C=O) groups excluding carboxylic acids is 3. The molecule has 1 saturated carbocycles. The molecule has 0 unspecified atom stereocenters. The number of aromatic nitrogens is 2. The van der Waals surface area contributed by atoms with Gasteiger partial charge in [0.15, 0.2) is 5.69 Å². The highest BCUT2D eigenvalue weighted by atomic mass is 16.2. The molecule has 2 aromatic rings. The smallest absolute Gasteiger partial charge is 0.274 e. The lowest BCUT2D eigenvalue weighted by Gasteiger charge is -2.44. The zero-order valence-electron chi connectivity index (χ0n) is 19.5. The lowest BCUT2D eigenvalue weighted by Crippen LogP contribution is -2.48. The van der Waals surface area contributed by atoms with Crippen LogP contribution in [0.1, 0.15) is 77.0 Å². The Hall–Kier alpha value is -3.46. The molecule has 1 aliphatic carbocycles. The quantitative estimate of drug-likeness (QED) is 0.575. The van der Waals surface area contributed by atoms with E-state index in [1.165, 1.54) is 0 Å². The lowest BCUT2D eigenvalue weighted by atomic mass is 9.62. The number of hydrogen-bond acceptors (Lipinski definition) is 4. The summed E-state index contributed by atoms with van der Waals surface area (Å²) in [6.45, 7) is 10.4. The van der Waals surface area contributed by atoms with Gasteiger partial charge in [0.25, 0.3) is 5.91 Å². The van der Waals surface area contributed by atoms with Crippen molar-refractivity contribution in [1.82, 2.24) is 15.1 Å². The molecule has 1 spiro atoms. The second-order valence-corrected chi connectivity index (χ2v) is 9.32. The average Bonchev–Trinajstić information content (AvgIpc) is 3.25. The third kappa shape index (κ3) is 4.28. The molecule has 1 N–H and O–H groups in total. The maximum Gasteiger partial charge on any atom is 0.274 e. The van der Waals surface area contributed by atoms with E-state index in [4.69, 9.17) is 0 Å². The number of carbonyl (C=O) groups is 3. The number of amides is 1. The first-order chi connectivity index (χ1) is 15.8. The summed E-state index contributed by atoms with van der Waals surface area (Å²) in [5.74, 6) is 5.11. The van der Waals surface area contributed by atoms with Crippen molar-refractivity contribution in [3.63, 3.8) is 0 Å². The summed E-state index contributed by atoms with van der Waals surface area (Å²) in [5, 5.41) is 6.84. The van der Waals surface area contributed by atoms with E-state index in [2.05, 4.69) is 28.6 Å². The van der Waals surface area contributed by atoms with Crippen molar-refractivity contribution in [2.45, 2.75) is 52.4 Å². The SMILES string of the molecule is C=Cc1cc(C(=O)N2CCC3(CC2)CC(=O)C(c2c(C)cc(C#CC)cc2C)C(=O)C3)n[nH]1. The van der Waals surface area contributed by atoms with E-state index in [9.17, 15) is 14.4 Å². The van der Waals surface area contributed by atoms with E-state index in [1.807, 2.05) is 26.0 Å². The number of benzene rings is 1. The predicted molar refractivity (Wildman–Crippen MR) is 127 cm³/mol. The van der Waals surface area contributed by atoms with Crippen LogP contribution in [0, 0.1) is 31.1 Å². The molecule has 6 heteroatoms. The van der Waals surface area contributed by atoms with Gasteiger partial charge in [-0.2, -0.15) is 5.10 Å². The summed E-state index contributed by atoms with van der Waals surface area (Å²) in [6.07, 6.45) is 3.65. The normalized spacial score (nSPS) is 18.2. The number of aryl methyl sites for hydroxylation is 2. The zero-order chi connectivity index (χ0) is 23.8. The second-order valence-electron chi connectivity index (χ2n) is 9.32. The van der Waals surface area contributed by atoms with E-state index >= 15 is 0 Å². The van der Waals surface area contributed by atoms with Crippen molar-refractivity contribution in [3.8, 4) is 11.8 Å². The number of piperidine rings is 1. The van der Waals surface area contributed by atoms with Crippen molar-refractivity contribution in [3.05, 3.63) is 58.4 Å². The van der Waals surface area contributed by atoms with Crippen LogP contribution in [0.15, 0.2) is 24.8 Å². The summed E-state index contributed by atoms with van der Waals surface area (Å²) in [6, 6.07) is 5.60. The van der Waals surface area contributed by atoms with Crippen LogP contribution in [0.25, 0.3) is 6.08 Å². The molecule has 1 amide bonds. The zero-order valence-corrected chi connectivity index (χ0v) is 19.5. The van der Waals surface area contributed by atoms with Crippen LogP contribution in [0.5, 0.6) is 0 Å². The summed E-state index contributed by atoms with van der Waals surface area (Å²) < 4.78 is 0. The number of Topliss-reactive ketones (excluding diaryl/α,β-unsaturated/α-hetero) is 2. The minimum atomic E-state index is -0.694. The third-order valence-corrected chi connectivity index (χ3v) is 7.04. The van der Waals surface area contributed by atoms with E-state index < -0.39 is 5.92 Å². The number of nitrogens with one attached hydrogen (secondary N) is 1. The van der Waals surface area contributed by atoms with Gasteiger partial charge in [-0.3, -0.25) is 19.5 Å². The fourth-order valence-corrected chi connectivity index (χ4v) is 5.40. The van der Waals surface area contributed by atoms with Gasteiger partial charge in [0, 0.05) is 31.5 Å². The van der Waals surface area contributed by atoms with Crippen molar-refractivity contribution in [2.24, 2.45) is 5.41 Å². The maximum atomic E-state index is 13.3. The van der Waals surface area contributed by atoms with Crippen LogP contribution in [0.3, 0.4) is 0 Å². The molecular weight excluding hydrogens is 414 g/mol. The average molecular weight is 444 g/mol. The highest BCUT2D eigenvalue weighted by Gasteiger charge is 2.48. The predicted octanol–water partition coefficient (Wildman–Crippen LogP) is 3.98. The van der Waals surface area contributed by atoms with Gasteiger partial charge >= 0.3 is 0 Å². The van der Waals surface area contributed by atoms with Crippen molar-refractivity contribution < 1.29 is 14.4 Å². The number of rotatable bonds is 3. The number of aromatic amines is 1. The van der Waals surface area contributed by atoms with E-state index in [0.29, 0.717) is 50.2 Å². The van der Waals surface area contributed by atoms with E-state index in [-0.39, 0.29) is 22.9 Å². The Morgan fingerprint density at radius 1 is 1.15 bits per heavy atom. The Bertz CT molecular complexity index is 1160. The molecule has 1 saturated heterocycles. The Labute approximate surface area is 194 Å². The van der Waals surface area contributed by atoms with Crippen molar-refractivity contribution in [2.75, 3.05) is 13.1 Å². The molecular formula is C27H29N3O3. The maximum absolute atomic E-state index is 13.3. The van der Waals surface area contributed by atoms with Gasteiger partial charge in [0.2, 0.25) is 0 Å². The number of ketones is 2. The Balaban J connectivity index is 1.48. The standard InChI is InChI=1S/C27H29N3O3/c1-5-7-19-12-17(3)24(18(4)13-19)25-22(31)15-27(16-23(25)32)8-10-30(11-9-27)26(33)21-14-20(6-2)28-29-21/h6,12-14,25H,2,8-11,15-16H2,1,3-4H3,(H,28,29). The number of hydrogen-bond donors (Lipinski definition) is 1. The van der Waals surface area contributed by atoms with Crippen molar-refractivity contribution in [1.29, 1.82) is 0 Å². The van der Waals surface area contributed by atoms with Crippen molar-refractivity contribution >= 4 is 23.5 Å². The number of H-pyrrole nitrogens is 1. The van der Waals surface area contributed by atoms with Crippen LogP contribution < -0.4 is 0 Å². The van der Waals surface area contributed by atoms with Crippen LogP contribution in [0.4, 0.5) is 0 Å². The molecule has 0 bridgehead atoms. The molecule has 1 aromatic carbocycles. The first kappa shape index (κ1) is 22.7. The minimum absolute atomic E-state index is 0.00511. The van der Waals surface area contributed by atoms with Crippen LogP contribution in [-0.4, -0.2) is 45.7 Å². The van der Waals surface area contributed by atoms with Crippen LogP contribution >= 0.6 is 0 Å². The molecule has 33 heavy (non-hydrogen) atoms. The summed E-state index contributed by atoms with van der Waals surface area (Å²) in [4.78, 5) is 41.2. The molecule has 2 aliphatic rings. The molecule has 1 aliphatic heterocycles. The van der Waals surface area contributed by atoms with Gasteiger partial charge in [-0.15, -0.1) is 5.92 Å². The fraction of sp³-hybridized carbons (Fsp3) is 0.407. The second kappa shape index (κ2) is 8.82. The Kier molecular flexibility index (Phi) is 6.07. The lowest BCUT2D eigenvalue weighted by molar-refractivity contribution is -0.138. The van der Waals surface area contributed by atoms with Gasteiger partial charge in [0.05, 0.1) is 5.69 Å². The Morgan fingerprint density at radius 3 is 2.27 bits per heavy atom. The first-order valence-electron chi connectivity index (χ1n) is 11.3. The third-order valence-electron chi connectivity index (χ3n) is 7.04. The number of likely N-dealkylation sites (tertiary alicyclic amines) is 1. The highest BCUT2D eigenvalue weighted by Crippen LogP contribution is 2.46. The topological polar surface area (TPSA) is 83.1 Å².